The SMILES string of the molecule is Cc1ccc(CN(C)CC(=O)N[C@H]2CCCc3ccccc32)o1. The molecule has 2 aromatic rings. The van der Waals surface area contributed by atoms with Crippen LogP contribution in [0.1, 0.15) is 41.5 Å². The summed E-state index contributed by atoms with van der Waals surface area (Å²) in [6.45, 7) is 2.94. The van der Waals surface area contributed by atoms with Gasteiger partial charge in [-0.1, -0.05) is 24.3 Å². The van der Waals surface area contributed by atoms with Crippen LogP contribution in [-0.4, -0.2) is 24.4 Å². The molecule has 1 heterocycles. The summed E-state index contributed by atoms with van der Waals surface area (Å²) in [4.78, 5) is 14.3. The minimum absolute atomic E-state index is 0.0671. The number of benzene rings is 1. The average Bonchev–Trinajstić information content (AvgIpc) is 2.92. The molecule has 0 fully saturated rings. The summed E-state index contributed by atoms with van der Waals surface area (Å²) < 4.78 is 5.56. The van der Waals surface area contributed by atoms with Gasteiger partial charge in [-0.15, -0.1) is 0 Å². The molecule has 23 heavy (non-hydrogen) atoms. The van der Waals surface area contributed by atoms with Gasteiger partial charge < -0.3 is 9.73 Å². The molecular weight excluding hydrogens is 288 g/mol. The fourth-order valence-corrected chi connectivity index (χ4v) is 3.28. The van der Waals surface area contributed by atoms with E-state index in [1.165, 1.54) is 11.1 Å². The molecule has 1 atom stereocenters. The van der Waals surface area contributed by atoms with Crippen LogP contribution in [0.25, 0.3) is 0 Å². The molecule has 1 aromatic carbocycles. The summed E-state index contributed by atoms with van der Waals surface area (Å²) in [6.07, 6.45) is 3.26. The zero-order valence-electron chi connectivity index (χ0n) is 13.8. The number of furan rings is 1. The van der Waals surface area contributed by atoms with Gasteiger partial charge in [0.25, 0.3) is 0 Å². The van der Waals surface area contributed by atoms with Gasteiger partial charge >= 0.3 is 0 Å². The van der Waals surface area contributed by atoms with Gasteiger partial charge in [0.2, 0.25) is 5.91 Å². The van der Waals surface area contributed by atoms with Crippen LogP contribution in [0.5, 0.6) is 0 Å². The minimum Gasteiger partial charge on any atom is -0.465 e. The molecule has 0 saturated heterocycles. The maximum Gasteiger partial charge on any atom is 0.234 e. The second-order valence-corrected chi connectivity index (χ2v) is 6.40. The van der Waals surface area contributed by atoms with E-state index < -0.39 is 0 Å². The Balaban J connectivity index is 1.55. The number of likely N-dealkylation sites (N-methyl/N-ethyl adjacent to an activating group) is 1. The lowest BCUT2D eigenvalue weighted by Crippen LogP contribution is -2.38. The van der Waals surface area contributed by atoms with Gasteiger partial charge in [0.1, 0.15) is 11.5 Å². The molecule has 1 amide bonds. The van der Waals surface area contributed by atoms with Crippen LogP contribution in [0.3, 0.4) is 0 Å². The lowest BCUT2D eigenvalue weighted by atomic mass is 9.88. The van der Waals surface area contributed by atoms with Crippen LogP contribution in [0.2, 0.25) is 0 Å². The number of nitrogens with one attached hydrogen (secondary N) is 1. The van der Waals surface area contributed by atoms with Crippen LogP contribution in [-0.2, 0) is 17.8 Å². The third kappa shape index (κ3) is 4.02. The van der Waals surface area contributed by atoms with Gasteiger partial charge in [-0.3, -0.25) is 9.69 Å². The maximum absolute atomic E-state index is 12.3. The summed E-state index contributed by atoms with van der Waals surface area (Å²) >= 11 is 0. The van der Waals surface area contributed by atoms with Crippen molar-refractivity contribution in [1.29, 1.82) is 0 Å². The van der Waals surface area contributed by atoms with Gasteiger partial charge in [0, 0.05) is 0 Å². The standard InChI is InChI=1S/C19H24N2O2/c1-14-10-11-16(23-14)12-21(2)13-19(22)20-18-9-5-7-15-6-3-4-8-17(15)18/h3-4,6,8,10-11,18H,5,7,9,12-13H2,1-2H3,(H,20,22)/t18-/m0/s1. The van der Waals surface area contributed by atoms with Gasteiger partial charge in [0.05, 0.1) is 19.1 Å². The number of nitrogens with zero attached hydrogens (tertiary/aromatic N) is 1. The van der Waals surface area contributed by atoms with E-state index in [1.807, 2.05) is 31.0 Å². The van der Waals surface area contributed by atoms with Crippen molar-refractivity contribution >= 4 is 5.91 Å². The Morgan fingerprint density at radius 2 is 2.13 bits per heavy atom. The van der Waals surface area contributed by atoms with Gasteiger partial charge in [-0.25, -0.2) is 0 Å². The van der Waals surface area contributed by atoms with Gasteiger partial charge in [-0.2, -0.15) is 0 Å². The Kier molecular flexibility index (Phi) is 4.82. The fourth-order valence-electron chi connectivity index (χ4n) is 3.28. The maximum atomic E-state index is 12.3. The normalized spacial score (nSPS) is 17.1. The van der Waals surface area contributed by atoms with Crippen molar-refractivity contribution in [2.45, 2.75) is 38.8 Å². The van der Waals surface area contributed by atoms with Crippen molar-refractivity contribution < 1.29 is 9.21 Å². The summed E-state index contributed by atoms with van der Waals surface area (Å²) in [5.74, 6) is 1.86. The molecule has 1 aliphatic rings. The van der Waals surface area contributed by atoms with E-state index in [0.29, 0.717) is 13.1 Å². The topological polar surface area (TPSA) is 45.5 Å². The first kappa shape index (κ1) is 15.8. The van der Waals surface area contributed by atoms with Crippen LogP contribution in [0.4, 0.5) is 0 Å². The largest absolute Gasteiger partial charge is 0.465 e. The lowest BCUT2D eigenvalue weighted by molar-refractivity contribution is -0.122. The quantitative estimate of drug-likeness (QED) is 0.922. The highest BCUT2D eigenvalue weighted by Crippen LogP contribution is 2.29. The second kappa shape index (κ2) is 7.01. The zero-order chi connectivity index (χ0) is 16.2. The molecule has 0 aliphatic heterocycles. The number of carbonyl (C=O) groups is 1. The van der Waals surface area contributed by atoms with Crippen LogP contribution in [0, 0.1) is 6.92 Å². The third-order valence-electron chi connectivity index (χ3n) is 4.34. The third-order valence-corrected chi connectivity index (χ3v) is 4.34. The van der Waals surface area contributed by atoms with Crippen LogP contribution < -0.4 is 5.32 Å². The van der Waals surface area contributed by atoms with E-state index in [0.717, 1.165) is 30.8 Å². The number of amides is 1. The Labute approximate surface area is 137 Å². The van der Waals surface area contributed by atoms with Gasteiger partial charge in [0.15, 0.2) is 0 Å². The lowest BCUT2D eigenvalue weighted by Gasteiger charge is -2.27. The predicted octanol–water partition coefficient (Wildman–Crippen LogP) is 3.21. The molecule has 1 aromatic heterocycles. The first-order valence-electron chi connectivity index (χ1n) is 8.23. The van der Waals surface area contributed by atoms with Crippen molar-refractivity contribution in [1.82, 2.24) is 10.2 Å². The first-order valence-corrected chi connectivity index (χ1v) is 8.23. The summed E-state index contributed by atoms with van der Waals surface area (Å²) in [6, 6.07) is 12.5. The Morgan fingerprint density at radius 1 is 1.30 bits per heavy atom. The number of aryl methyl sites for hydroxylation is 2. The van der Waals surface area contributed by atoms with Crippen molar-refractivity contribution in [3.05, 3.63) is 59.0 Å². The molecule has 122 valence electrons. The highest BCUT2D eigenvalue weighted by Gasteiger charge is 2.21. The van der Waals surface area contributed by atoms with Crippen molar-refractivity contribution in [3.8, 4) is 0 Å². The summed E-state index contributed by atoms with van der Waals surface area (Å²) in [7, 11) is 1.94. The number of hydrogen-bond acceptors (Lipinski definition) is 3. The Bertz CT molecular complexity index is 678. The molecular formula is C19H24N2O2. The van der Waals surface area contributed by atoms with E-state index in [4.69, 9.17) is 4.42 Å². The molecule has 0 spiro atoms. The minimum atomic E-state index is 0.0671. The predicted molar refractivity (Wildman–Crippen MR) is 90.0 cm³/mol. The van der Waals surface area contributed by atoms with Crippen molar-refractivity contribution in [2.24, 2.45) is 0 Å². The summed E-state index contributed by atoms with van der Waals surface area (Å²) in [5.41, 5.74) is 2.64. The van der Waals surface area contributed by atoms with Gasteiger partial charge in [-0.05, 0) is 56.5 Å². The van der Waals surface area contributed by atoms with Crippen LogP contribution >= 0.6 is 0 Å². The highest BCUT2D eigenvalue weighted by atomic mass is 16.3. The number of rotatable bonds is 5. The average molecular weight is 312 g/mol. The number of hydrogen-bond donors (Lipinski definition) is 1. The molecule has 0 unspecified atom stereocenters. The Hall–Kier alpha value is -2.07. The van der Waals surface area contributed by atoms with E-state index in [-0.39, 0.29) is 11.9 Å². The highest BCUT2D eigenvalue weighted by molar-refractivity contribution is 5.78. The van der Waals surface area contributed by atoms with Crippen molar-refractivity contribution in [2.75, 3.05) is 13.6 Å². The fraction of sp³-hybridized carbons (Fsp3) is 0.421. The molecule has 0 saturated carbocycles. The molecule has 4 heteroatoms. The van der Waals surface area contributed by atoms with E-state index in [9.17, 15) is 4.79 Å². The van der Waals surface area contributed by atoms with E-state index >= 15 is 0 Å². The molecule has 1 aliphatic carbocycles. The molecule has 1 N–H and O–H groups in total. The molecule has 3 rings (SSSR count). The van der Waals surface area contributed by atoms with Crippen LogP contribution in [0.15, 0.2) is 40.8 Å². The van der Waals surface area contributed by atoms with Crippen molar-refractivity contribution in [3.63, 3.8) is 0 Å². The zero-order valence-corrected chi connectivity index (χ0v) is 13.8. The second-order valence-electron chi connectivity index (χ2n) is 6.40. The number of carbonyl (C=O) groups excluding carboxylic acids is 1. The molecule has 0 bridgehead atoms. The first-order chi connectivity index (χ1) is 11.1. The number of fused-ring (bicyclic) bond motifs is 1. The molecule has 4 nitrogen and oxygen atoms in total. The van der Waals surface area contributed by atoms with E-state index in [1.54, 1.807) is 0 Å². The van der Waals surface area contributed by atoms with E-state index in [2.05, 4.69) is 29.6 Å². The summed E-state index contributed by atoms with van der Waals surface area (Å²) in [5, 5.41) is 3.19. The monoisotopic (exact) mass is 312 g/mol. The molecule has 0 radical (unpaired) electrons. The Morgan fingerprint density at radius 3 is 2.91 bits per heavy atom. The smallest absolute Gasteiger partial charge is 0.234 e.